The van der Waals surface area contributed by atoms with Crippen LogP contribution in [0, 0.1) is 5.92 Å². The quantitative estimate of drug-likeness (QED) is 0.551. The molecule has 29 heavy (non-hydrogen) atoms. The normalized spacial score (nSPS) is 23.3. The van der Waals surface area contributed by atoms with Gasteiger partial charge in [0.2, 0.25) is 5.91 Å². The van der Waals surface area contributed by atoms with Gasteiger partial charge >= 0.3 is 12.1 Å². The number of carbonyl (C=O) groups excluding carboxylic acids is 2. The molecule has 2 unspecified atom stereocenters. The van der Waals surface area contributed by atoms with Crippen molar-refractivity contribution in [2.75, 3.05) is 0 Å². The first kappa shape index (κ1) is 22.7. The van der Waals surface area contributed by atoms with Gasteiger partial charge in [-0.3, -0.25) is 9.59 Å². The van der Waals surface area contributed by atoms with Crippen molar-refractivity contribution in [1.82, 2.24) is 10.6 Å². The fraction of sp³-hybridized carbons (Fsp3) is 0.571. The van der Waals surface area contributed by atoms with Crippen LogP contribution < -0.4 is 10.6 Å². The van der Waals surface area contributed by atoms with Gasteiger partial charge in [-0.1, -0.05) is 30.3 Å². The van der Waals surface area contributed by atoms with Gasteiger partial charge in [0.15, 0.2) is 0 Å². The average Bonchev–Trinajstić information content (AvgIpc) is 2.55. The number of ether oxygens (including phenoxy) is 1. The van der Waals surface area contributed by atoms with Crippen LogP contribution >= 0.6 is 0 Å². The van der Waals surface area contributed by atoms with E-state index in [0.717, 1.165) is 0 Å². The number of carboxylic acid groups (broad SMARTS) is 1. The zero-order valence-electron chi connectivity index (χ0n) is 17.3. The Morgan fingerprint density at radius 1 is 1.21 bits per heavy atom. The molecule has 0 aliphatic heterocycles. The fourth-order valence-corrected chi connectivity index (χ4v) is 3.68. The van der Waals surface area contributed by atoms with Crippen molar-refractivity contribution in [3.8, 4) is 0 Å². The molecule has 0 heterocycles. The standard InChI is InChI=1S/C21H30N2O6/c1-13(24)22-17(10-16(25)14-8-6-5-7-9-14)21(11-15(12-21)18(26)27)23-19(28)29-20(2,3)4/h5-9,15-17,25H,10-12H2,1-4H3,(H,22,24)(H,23,28)(H,26,27). The van der Waals surface area contributed by atoms with Crippen LogP contribution in [-0.2, 0) is 14.3 Å². The molecule has 2 atom stereocenters. The highest BCUT2D eigenvalue weighted by Gasteiger charge is 2.54. The second-order valence-corrected chi connectivity index (χ2v) is 8.64. The smallest absolute Gasteiger partial charge is 0.408 e. The number of aliphatic hydroxyl groups is 1. The number of amides is 2. The Hall–Kier alpha value is -2.61. The minimum Gasteiger partial charge on any atom is -0.481 e. The minimum absolute atomic E-state index is 0.117. The van der Waals surface area contributed by atoms with E-state index >= 15 is 0 Å². The summed E-state index contributed by atoms with van der Waals surface area (Å²) in [6, 6.07) is 8.29. The summed E-state index contributed by atoms with van der Waals surface area (Å²) in [5.41, 5.74) is -1.08. The lowest BCUT2D eigenvalue weighted by molar-refractivity contribution is -0.149. The van der Waals surface area contributed by atoms with Gasteiger partial charge in [-0.05, 0) is 45.6 Å². The number of hydrogen-bond donors (Lipinski definition) is 4. The largest absolute Gasteiger partial charge is 0.481 e. The van der Waals surface area contributed by atoms with E-state index in [1.54, 1.807) is 45.0 Å². The molecule has 8 nitrogen and oxygen atoms in total. The van der Waals surface area contributed by atoms with E-state index in [1.165, 1.54) is 6.92 Å². The van der Waals surface area contributed by atoms with Crippen LogP contribution in [0.4, 0.5) is 4.79 Å². The summed E-state index contributed by atoms with van der Waals surface area (Å²) < 4.78 is 5.34. The van der Waals surface area contributed by atoms with E-state index in [4.69, 9.17) is 4.74 Å². The molecule has 160 valence electrons. The molecule has 0 aromatic heterocycles. The van der Waals surface area contributed by atoms with Crippen LogP contribution in [0.3, 0.4) is 0 Å². The molecule has 1 aromatic rings. The second-order valence-electron chi connectivity index (χ2n) is 8.64. The van der Waals surface area contributed by atoms with Gasteiger partial charge in [0.1, 0.15) is 5.60 Å². The number of carboxylic acids is 1. The van der Waals surface area contributed by atoms with E-state index in [1.807, 2.05) is 6.07 Å². The predicted molar refractivity (Wildman–Crippen MR) is 106 cm³/mol. The number of benzene rings is 1. The van der Waals surface area contributed by atoms with Gasteiger partial charge in [-0.2, -0.15) is 0 Å². The maximum absolute atomic E-state index is 12.4. The summed E-state index contributed by atoms with van der Waals surface area (Å²) in [5.74, 6) is -1.94. The highest BCUT2D eigenvalue weighted by molar-refractivity contribution is 5.76. The van der Waals surface area contributed by atoms with Crippen LogP contribution in [0.5, 0.6) is 0 Å². The summed E-state index contributed by atoms with van der Waals surface area (Å²) in [7, 11) is 0. The van der Waals surface area contributed by atoms with Crippen LogP contribution in [0.2, 0.25) is 0 Å². The molecule has 1 saturated carbocycles. The van der Waals surface area contributed by atoms with E-state index < -0.39 is 41.3 Å². The van der Waals surface area contributed by atoms with E-state index in [2.05, 4.69) is 10.6 Å². The molecule has 0 saturated heterocycles. The maximum atomic E-state index is 12.4. The molecule has 1 aromatic carbocycles. The molecule has 1 aliphatic rings. The SMILES string of the molecule is CC(=O)NC(CC(O)c1ccccc1)C1(NC(=O)OC(C)(C)C)CC(C(=O)O)C1. The maximum Gasteiger partial charge on any atom is 0.408 e. The van der Waals surface area contributed by atoms with E-state index in [9.17, 15) is 24.6 Å². The Morgan fingerprint density at radius 3 is 2.28 bits per heavy atom. The third kappa shape index (κ3) is 6.19. The first-order valence-electron chi connectivity index (χ1n) is 9.66. The highest BCUT2D eigenvalue weighted by atomic mass is 16.6. The van der Waals surface area contributed by atoms with E-state index in [0.29, 0.717) is 5.56 Å². The van der Waals surface area contributed by atoms with Gasteiger partial charge in [0.25, 0.3) is 0 Å². The summed E-state index contributed by atoms with van der Waals surface area (Å²) in [6.07, 6.45) is -1.20. The molecule has 0 radical (unpaired) electrons. The molecule has 2 rings (SSSR count). The predicted octanol–water partition coefficient (Wildman–Crippen LogP) is 2.37. The first-order chi connectivity index (χ1) is 13.4. The molecular weight excluding hydrogens is 376 g/mol. The number of carbonyl (C=O) groups is 3. The fourth-order valence-electron chi connectivity index (χ4n) is 3.68. The van der Waals surface area contributed by atoms with Crippen LogP contribution in [0.15, 0.2) is 30.3 Å². The third-order valence-electron chi connectivity index (χ3n) is 5.01. The van der Waals surface area contributed by atoms with Crippen molar-refractivity contribution in [3.05, 3.63) is 35.9 Å². The van der Waals surface area contributed by atoms with Gasteiger partial charge in [0.05, 0.1) is 23.6 Å². The molecule has 4 N–H and O–H groups in total. The number of alkyl carbamates (subject to hydrolysis) is 1. The highest BCUT2D eigenvalue weighted by Crippen LogP contribution is 2.43. The number of aliphatic carboxylic acids is 1. The van der Waals surface area contributed by atoms with Gasteiger partial charge in [0, 0.05) is 6.92 Å². The molecule has 8 heteroatoms. The van der Waals surface area contributed by atoms with Crippen molar-refractivity contribution in [3.63, 3.8) is 0 Å². The zero-order chi connectivity index (χ0) is 21.8. The Kier molecular flexibility index (Phi) is 6.89. The Bertz CT molecular complexity index is 737. The van der Waals surface area contributed by atoms with Crippen molar-refractivity contribution >= 4 is 18.0 Å². The number of hydrogen-bond acceptors (Lipinski definition) is 5. The molecule has 0 bridgehead atoms. The monoisotopic (exact) mass is 406 g/mol. The Balaban J connectivity index is 2.26. The van der Waals surface area contributed by atoms with Gasteiger partial charge in [-0.25, -0.2) is 4.79 Å². The third-order valence-corrected chi connectivity index (χ3v) is 5.01. The Morgan fingerprint density at radius 2 is 1.79 bits per heavy atom. The van der Waals surface area contributed by atoms with Crippen molar-refractivity contribution in [1.29, 1.82) is 0 Å². The van der Waals surface area contributed by atoms with E-state index in [-0.39, 0.29) is 25.2 Å². The topological polar surface area (TPSA) is 125 Å². The number of aliphatic hydroxyl groups excluding tert-OH is 1. The van der Waals surface area contributed by atoms with Crippen molar-refractivity contribution < 1.29 is 29.3 Å². The molecular formula is C21H30N2O6. The van der Waals surface area contributed by atoms with Crippen LogP contribution in [-0.4, -0.2) is 45.4 Å². The number of rotatable bonds is 7. The molecule has 0 spiro atoms. The van der Waals surface area contributed by atoms with Crippen LogP contribution in [0.1, 0.15) is 58.6 Å². The zero-order valence-corrected chi connectivity index (χ0v) is 17.3. The lowest BCUT2D eigenvalue weighted by Gasteiger charge is -2.51. The first-order valence-corrected chi connectivity index (χ1v) is 9.66. The minimum atomic E-state index is -1.02. The number of nitrogens with one attached hydrogen (secondary N) is 2. The summed E-state index contributed by atoms with van der Waals surface area (Å²) >= 11 is 0. The molecule has 1 aliphatic carbocycles. The van der Waals surface area contributed by atoms with Crippen molar-refractivity contribution in [2.45, 2.75) is 70.2 Å². The van der Waals surface area contributed by atoms with Crippen LogP contribution in [0.25, 0.3) is 0 Å². The lowest BCUT2D eigenvalue weighted by atomic mass is 9.63. The summed E-state index contributed by atoms with van der Waals surface area (Å²) in [5, 5.41) is 25.6. The molecule has 2 amide bonds. The van der Waals surface area contributed by atoms with Gasteiger partial charge in [-0.15, -0.1) is 0 Å². The summed E-state index contributed by atoms with van der Waals surface area (Å²) in [4.78, 5) is 35.7. The van der Waals surface area contributed by atoms with Gasteiger partial charge < -0.3 is 25.6 Å². The lowest BCUT2D eigenvalue weighted by Crippen LogP contribution is -2.69. The van der Waals surface area contributed by atoms with Crippen molar-refractivity contribution in [2.24, 2.45) is 5.92 Å². The second kappa shape index (κ2) is 8.82. The molecule has 1 fully saturated rings. The Labute approximate surface area is 170 Å². The summed E-state index contributed by atoms with van der Waals surface area (Å²) in [6.45, 7) is 6.52. The average molecular weight is 406 g/mol.